The molecule has 3 rings (SSSR count). The first-order valence-corrected chi connectivity index (χ1v) is 9.83. The van der Waals surface area contributed by atoms with Crippen LogP contribution in [-0.4, -0.2) is 37.1 Å². The van der Waals surface area contributed by atoms with E-state index in [1.54, 1.807) is 24.0 Å². The summed E-state index contributed by atoms with van der Waals surface area (Å²) < 4.78 is 5.36. The van der Waals surface area contributed by atoms with Crippen molar-refractivity contribution in [2.24, 2.45) is 0 Å². The van der Waals surface area contributed by atoms with Crippen LogP contribution in [0.2, 0.25) is 0 Å². The number of nitriles is 1. The number of rotatable bonds is 5. The standard InChI is InChI=1S/C23H24N4O3/c1-3-17(14-24)21(18-8-11-30-12-9-18)13-16(2)25-23(29)27-10-4-5-19-6-7-20(15-28)26-22(19)27/h3,6-8,13,15H,1,4-5,9-12H2,2H3,(H,25,29)/b16-13+,21-17-. The summed E-state index contributed by atoms with van der Waals surface area (Å²) in [6, 6.07) is 5.35. The normalized spacial score (nSPS) is 17.1. The molecule has 0 aromatic carbocycles. The number of hydrogen-bond donors (Lipinski definition) is 1. The Balaban J connectivity index is 1.86. The molecular formula is C23H24N4O3. The van der Waals surface area contributed by atoms with Crippen molar-refractivity contribution in [2.45, 2.75) is 26.2 Å². The van der Waals surface area contributed by atoms with Crippen LogP contribution in [0.3, 0.4) is 0 Å². The minimum atomic E-state index is -0.322. The molecule has 0 saturated heterocycles. The molecule has 2 aliphatic heterocycles. The predicted octanol–water partition coefficient (Wildman–Crippen LogP) is 3.61. The average Bonchev–Trinajstić information content (AvgIpc) is 2.78. The van der Waals surface area contributed by atoms with Crippen LogP contribution in [0.5, 0.6) is 0 Å². The van der Waals surface area contributed by atoms with E-state index >= 15 is 0 Å². The lowest BCUT2D eigenvalue weighted by atomic mass is 9.95. The number of amides is 2. The second-order valence-electron chi connectivity index (χ2n) is 7.05. The number of pyridine rings is 1. The number of allylic oxidation sites excluding steroid dienone is 5. The smallest absolute Gasteiger partial charge is 0.327 e. The third kappa shape index (κ3) is 4.73. The number of carbonyl (C=O) groups is 2. The number of ether oxygens (including phenoxy) is 1. The van der Waals surface area contributed by atoms with Crippen LogP contribution < -0.4 is 10.2 Å². The van der Waals surface area contributed by atoms with Gasteiger partial charge in [0.25, 0.3) is 0 Å². The van der Waals surface area contributed by atoms with Crippen molar-refractivity contribution in [1.29, 1.82) is 5.26 Å². The number of anilines is 1. The highest BCUT2D eigenvalue weighted by atomic mass is 16.5. The fourth-order valence-electron chi connectivity index (χ4n) is 3.54. The Hall–Kier alpha value is -3.50. The SMILES string of the molecule is C=C/C(C#N)=C(\C=C(/C)NC(=O)N1CCCc2ccc(C=O)nc21)C1=CCOCC1. The number of aryl methyl sites for hydroxylation is 1. The van der Waals surface area contributed by atoms with Gasteiger partial charge in [0.1, 0.15) is 11.5 Å². The van der Waals surface area contributed by atoms with Crippen molar-refractivity contribution in [3.8, 4) is 6.07 Å². The van der Waals surface area contributed by atoms with Crippen LogP contribution in [0.25, 0.3) is 0 Å². The first kappa shape index (κ1) is 21.2. The maximum Gasteiger partial charge on any atom is 0.327 e. The quantitative estimate of drug-likeness (QED) is 0.459. The van der Waals surface area contributed by atoms with E-state index in [1.165, 1.54) is 6.08 Å². The van der Waals surface area contributed by atoms with E-state index in [2.05, 4.69) is 22.9 Å². The average molecular weight is 404 g/mol. The Kier molecular flexibility index (Phi) is 6.94. The maximum atomic E-state index is 12.9. The molecule has 2 amide bonds. The molecular weight excluding hydrogens is 380 g/mol. The molecule has 1 aromatic rings. The van der Waals surface area contributed by atoms with Crippen LogP contribution in [0.4, 0.5) is 10.6 Å². The van der Waals surface area contributed by atoms with Crippen LogP contribution >= 0.6 is 0 Å². The van der Waals surface area contributed by atoms with Gasteiger partial charge < -0.3 is 10.1 Å². The van der Waals surface area contributed by atoms with Gasteiger partial charge in [0.15, 0.2) is 6.29 Å². The third-order valence-corrected chi connectivity index (χ3v) is 5.02. The van der Waals surface area contributed by atoms with Crippen LogP contribution in [0.1, 0.15) is 35.8 Å². The molecule has 0 radical (unpaired) electrons. The Morgan fingerprint density at radius 1 is 1.40 bits per heavy atom. The molecule has 0 bridgehead atoms. The van der Waals surface area contributed by atoms with Crippen LogP contribution in [0, 0.1) is 11.3 Å². The number of aldehydes is 1. The molecule has 0 saturated carbocycles. The van der Waals surface area contributed by atoms with E-state index in [0.717, 1.165) is 29.6 Å². The van der Waals surface area contributed by atoms with Crippen LogP contribution in [0.15, 0.2) is 59.4 Å². The Morgan fingerprint density at radius 2 is 2.23 bits per heavy atom. The summed E-state index contributed by atoms with van der Waals surface area (Å²) in [4.78, 5) is 29.9. The van der Waals surface area contributed by atoms with Crippen molar-refractivity contribution < 1.29 is 14.3 Å². The van der Waals surface area contributed by atoms with Gasteiger partial charge in [-0.25, -0.2) is 9.78 Å². The van der Waals surface area contributed by atoms with Gasteiger partial charge in [-0.15, -0.1) is 0 Å². The van der Waals surface area contributed by atoms with Gasteiger partial charge in [-0.05, 0) is 55.0 Å². The van der Waals surface area contributed by atoms with Crippen molar-refractivity contribution >= 4 is 18.1 Å². The Bertz CT molecular complexity index is 998. The van der Waals surface area contributed by atoms with E-state index in [4.69, 9.17) is 4.74 Å². The van der Waals surface area contributed by atoms with Gasteiger partial charge in [0.2, 0.25) is 0 Å². The van der Waals surface area contributed by atoms with Gasteiger partial charge in [0.05, 0.1) is 24.9 Å². The zero-order chi connectivity index (χ0) is 21.5. The summed E-state index contributed by atoms with van der Waals surface area (Å²) in [6.07, 6.45) is 8.24. The summed E-state index contributed by atoms with van der Waals surface area (Å²) in [5.74, 6) is 0.517. The molecule has 1 aromatic heterocycles. The Morgan fingerprint density at radius 3 is 2.90 bits per heavy atom. The van der Waals surface area contributed by atoms with E-state index in [0.29, 0.717) is 55.2 Å². The van der Waals surface area contributed by atoms with Crippen molar-refractivity contribution in [1.82, 2.24) is 10.3 Å². The minimum absolute atomic E-state index is 0.294. The second kappa shape index (κ2) is 9.81. The molecule has 30 heavy (non-hydrogen) atoms. The summed E-state index contributed by atoms with van der Waals surface area (Å²) in [7, 11) is 0. The van der Waals surface area contributed by atoms with Gasteiger partial charge in [-0.3, -0.25) is 9.69 Å². The molecule has 3 heterocycles. The molecule has 7 nitrogen and oxygen atoms in total. The lowest BCUT2D eigenvalue weighted by Gasteiger charge is -2.28. The molecule has 0 unspecified atom stereocenters. The first-order valence-electron chi connectivity index (χ1n) is 9.83. The van der Waals surface area contributed by atoms with Gasteiger partial charge in [-0.1, -0.05) is 24.8 Å². The number of fused-ring (bicyclic) bond motifs is 1. The van der Waals surface area contributed by atoms with Crippen molar-refractivity contribution in [3.05, 3.63) is 70.6 Å². The summed E-state index contributed by atoms with van der Waals surface area (Å²) in [5.41, 5.74) is 3.99. The molecule has 7 heteroatoms. The van der Waals surface area contributed by atoms with E-state index in [1.807, 2.05) is 12.1 Å². The number of aromatic nitrogens is 1. The van der Waals surface area contributed by atoms with Crippen molar-refractivity contribution in [3.63, 3.8) is 0 Å². The number of carbonyl (C=O) groups excluding carboxylic acids is 2. The van der Waals surface area contributed by atoms with Gasteiger partial charge in [-0.2, -0.15) is 5.26 Å². The molecule has 0 fully saturated rings. The number of hydrogen-bond acceptors (Lipinski definition) is 5. The van der Waals surface area contributed by atoms with E-state index in [9.17, 15) is 14.9 Å². The largest absolute Gasteiger partial charge is 0.377 e. The predicted molar refractivity (Wildman–Crippen MR) is 114 cm³/mol. The summed E-state index contributed by atoms with van der Waals surface area (Å²) in [6.45, 7) is 7.09. The Labute approximate surface area is 176 Å². The van der Waals surface area contributed by atoms with Gasteiger partial charge in [0, 0.05) is 12.2 Å². The summed E-state index contributed by atoms with van der Waals surface area (Å²) >= 11 is 0. The fraction of sp³-hybridized carbons (Fsp3) is 0.304. The molecule has 0 spiro atoms. The number of nitrogens with zero attached hydrogens (tertiary/aromatic N) is 3. The monoisotopic (exact) mass is 404 g/mol. The highest BCUT2D eigenvalue weighted by Gasteiger charge is 2.24. The molecule has 2 aliphatic rings. The van der Waals surface area contributed by atoms with E-state index in [-0.39, 0.29) is 6.03 Å². The first-order chi connectivity index (χ1) is 14.6. The maximum absolute atomic E-state index is 12.9. The molecule has 0 aliphatic carbocycles. The van der Waals surface area contributed by atoms with Crippen LogP contribution in [-0.2, 0) is 11.2 Å². The minimum Gasteiger partial charge on any atom is -0.377 e. The highest BCUT2D eigenvalue weighted by Crippen LogP contribution is 2.26. The molecule has 0 atom stereocenters. The van der Waals surface area contributed by atoms with Crippen molar-refractivity contribution in [2.75, 3.05) is 24.7 Å². The number of nitrogens with one attached hydrogen (secondary N) is 1. The van der Waals surface area contributed by atoms with E-state index < -0.39 is 0 Å². The lowest BCUT2D eigenvalue weighted by Crippen LogP contribution is -2.42. The lowest BCUT2D eigenvalue weighted by molar-refractivity contribution is 0.111. The zero-order valence-electron chi connectivity index (χ0n) is 17.0. The zero-order valence-corrected chi connectivity index (χ0v) is 17.0. The molecule has 154 valence electrons. The highest BCUT2D eigenvalue weighted by molar-refractivity contribution is 5.93. The fourth-order valence-corrected chi connectivity index (χ4v) is 3.54. The molecule has 1 N–H and O–H groups in total. The topological polar surface area (TPSA) is 95.3 Å². The second-order valence-corrected chi connectivity index (χ2v) is 7.05. The summed E-state index contributed by atoms with van der Waals surface area (Å²) in [5, 5.41) is 12.4. The number of urea groups is 1. The third-order valence-electron chi connectivity index (χ3n) is 5.02. The van der Waals surface area contributed by atoms with Gasteiger partial charge >= 0.3 is 6.03 Å².